The van der Waals surface area contributed by atoms with Crippen LogP contribution in [-0.2, 0) is 23.9 Å². The fraction of sp³-hybridized carbons (Fsp3) is 0.615. The van der Waals surface area contributed by atoms with Crippen molar-refractivity contribution in [3.63, 3.8) is 0 Å². The van der Waals surface area contributed by atoms with Crippen LogP contribution in [0.2, 0.25) is 5.02 Å². The molecule has 4 rings (SSSR count). The van der Waals surface area contributed by atoms with Gasteiger partial charge in [0.05, 0.1) is 17.1 Å². The van der Waals surface area contributed by atoms with Crippen molar-refractivity contribution in [2.24, 2.45) is 11.3 Å². The second kappa shape index (κ2) is 10.5. The summed E-state index contributed by atoms with van der Waals surface area (Å²) in [7, 11) is 0. The Hall–Kier alpha value is -2.85. The van der Waals surface area contributed by atoms with Crippen LogP contribution in [-0.4, -0.2) is 65.7 Å². The van der Waals surface area contributed by atoms with E-state index in [1.54, 1.807) is 17.9 Å². The quantitative estimate of drug-likeness (QED) is 0.360. The number of ether oxygens (including phenoxy) is 2. The van der Waals surface area contributed by atoms with Crippen LogP contribution in [0, 0.1) is 11.3 Å². The van der Waals surface area contributed by atoms with E-state index in [9.17, 15) is 19.2 Å². The third kappa shape index (κ3) is 5.55. The number of rotatable bonds is 7. The van der Waals surface area contributed by atoms with Crippen molar-refractivity contribution in [3.8, 4) is 0 Å². The van der Waals surface area contributed by atoms with Crippen molar-refractivity contribution >= 4 is 41.0 Å². The first-order valence-corrected chi connectivity index (χ1v) is 13.1. The number of halogens is 1. The molecular weight excluding hydrogens is 500 g/mol. The first-order chi connectivity index (χ1) is 17.4. The van der Waals surface area contributed by atoms with Crippen LogP contribution < -0.4 is 16.4 Å². The molecule has 1 aromatic rings. The molecule has 2 unspecified atom stereocenters. The first-order valence-electron chi connectivity index (χ1n) is 12.7. The van der Waals surface area contributed by atoms with Gasteiger partial charge in [-0.25, -0.2) is 0 Å². The molecule has 3 amide bonds. The number of nitrogen functional groups attached to an aromatic ring is 1. The van der Waals surface area contributed by atoms with Crippen molar-refractivity contribution < 1.29 is 28.7 Å². The minimum absolute atomic E-state index is 0.00439. The van der Waals surface area contributed by atoms with Gasteiger partial charge in [-0.05, 0) is 55.7 Å². The minimum Gasteiger partial charge on any atom is -0.433 e. The number of nitrogens with one attached hydrogen (secondary N) is 2. The van der Waals surface area contributed by atoms with Crippen molar-refractivity contribution in [2.45, 2.75) is 83.8 Å². The van der Waals surface area contributed by atoms with E-state index >= 15 is 0 Å². The number of carbonyl (C=O) groups is 4. The SMILES string of the molecule is CCO[C@@H]1OC(=O)CC1NC(=O)[C@@H]1[C@H]2CCC(C2)N1C(=O)[C@@H](NC(=O)c1ccc(N)c(Cl)c1)C(C)(C)C. The van der Waals surface area contributed by atoms with Gasteiger partial charge in [0.1, 0.15) is 18.1 Å². The number of hydrogen-bond donors (Lipinski definition) is 3. The Kier molecular flexibility index (Phi) is 7.71. The standard InChI is InChI=1S/C26H35ClN4O6/c1-5-36-25-18(12-19(32)37-25)29-23(34)20-13-6-8-15(10-13)31(20)24(35)21(26(2,3)4)30-22(33)14-7-9-17(28)16(27)11-14/h7,9,11,13,15,18,20-21,25H,5-6,8,10,12,28H2,1-4H3,(H,29,34)(H,30,33)/t13-,15?,18?,20-,21+,25+/m0/s1. The fourth-order valence-electron chi connectivity index (χ4n) is 5.56. The van der Waals surface area contributed by atoms with Gasteiger partial charge >= 0.3 is 5.97 Å². The zero-order valence-electron chi connectivity index (χ0n) is 21.6. The summed E-state index contributed by atoms with van der Waals surface area (Å²) in [6.07, 6.45) is 1.51. The lowest BCUT2D eigenvalue weighted by molar-refractivity contribution is -0.165. The van der Waals surface area contributed by atoms with Crippen molar-refractivity contribution in [1.82, 2.24) is 15.5 Å². The van der Waals surface area contributed by atoms with Crippen LogP contribution in [0.25, 0.3) is 0 Å². The molecule has 4 N–H and O–H groups in total. The summed E-state index contributed by atoms with van der Waals surface area (Å²) >= 11 is 6.09. The lowest BCUT2D eigenvalue weighted by Crippen LogP contribution is -2.62. The second-order valence-electron chi connectivity index (χ2n) is 11.1. The molecule has 202 valence electrons. The average molecular weight is 535 g/mol. The van der Waals surface area contributed by atoms with E-state index < -0.39 is 41.7 Å². The summed E-state index contributed by atoms with van der Waals surface area (Å²) < 4.78 is 10.6. The second-order valence-corrected chi connectivity index (χ2v) is 11.5. The largest absolute Gasteiger partial charge is 0.433 e. The molecule has 1 saturated carbocycles. The van der Waals surface area contributed by atoms with Crippen LogP contribution >= 0.6 is 11.6 Å². The molecule has 0 radical (unpaired) electrons. The number of cyclic esters (lactones) is 1. The molecular formula is C26H35ClN4O6. The van der Waals surface area contributed by atoms with E-state index in [4.69, 9.17) is 26.8 Å². The van der Waals surface area contributed by atoms with Gasteiger partial charge in [-0.1, -0.05) is 32.4 Å². The Balaban J connectivity index is 1.54. The molecule has 10 nitrogen and oxygen atoms in total. The maximum atomic E-state index is 14.0. The maximum absolute atomic E-state index is 14.0. The van der Waals surface area contributed by atoms with Gasteiger partial charge in [-0.3, -0.25) is 19.2 Å². The number of nitrogens with zero attached hydrogens (tertiary/aromatic N) is 1. The fourth-order valence-corrected chi connectivity index (χ4v) is 5.74. The van der Waals surface area contributed by atoms with Crippen LogP contribution in [0.15, 0.2) is 18.2 Å². The van der Waals surface area contributed by atoms with Crippen LogP contribution in [0.4, 0.5) is 5.69 Å². The van der Waals surface area contributed by atoms with Crippen LogP contribution in [0.3, 0.4) is 0 Å². The lowest BCUT2D eigenvalue weighted by atomic mass is 9.84. The number of likely N-dealkylation sites (tertiary alicyclic amines) is 1. The summed E-state index contributed by atoms with van der Waals surface area (Å²) in [6.45, 7) is 7.70. The predicted molar refractivity (Wildman–Crippen MR) is 136 cm³/mol. The Bertz CT molecular complexity index is 1090. The number of amides is 3. The Labute approximate surface area is 221 Å². The Morgan fingerprint density at radius 2 is 2.00 bits per heavy atom. The molecule has 2 saturated heterocycles. The topological polar surface area (TPSA) is 140 Å². The molecule has 37 heavy (non-hydrogen) atoms. The monoisotopic (exact) mass is 534 g/mol. The molecule has 3 aliphatic rings. The van der Waals surface area contributed by atoms with Gasteiger partial charge in [0.2, 0.25) is 18.1 Å². The van der Waals surface area contributed by atoms with E-state index in [2.05, 4.69) is 10.6 Å². The summed E-state index contributed by atoms with van der Waals surface area (Å²) in [6, 6.07) is 2.25. The Morgan fingerprint density at radius 1 is 1.27 bits per heavy atom. The number of esters is 1. The van der Waals surface area contributed by atoms with Crippen LogP contribution in [0.1, 0.15) is 63.7 Å². The molecule has 1 aromatic carbocycles. The highest BCUT2D eigenvalue weighted by Gasteiger charge is 2.54. The molecule has 2 heterocycles. The van der Waals surface area contributed by atoms with E-state index in [0.717, 1.165) is 19.3 Å². The normalized spacial score (nSPS) is 27.6. The van der Waals surface area contributed by atoms with E-state index in [1.807, 2.05) is 20.8 Å². The van der Waals surface area contributed by atoms with Gasteiger partial charge in [-0.15, -0.1) is 0 Å². The highest BCUT2D eigenvalue weighted by Crippen LogP contribution is 2.44. The number of carbonyl (C=O) groups excluding carboxylic acids is 4. The smallest absolute Gasteiger partial charge is 0.310 e. The van der Waals surface area contributed by atoms with Gasteiger partial charge < -0.3 is 30.7 Å². The molecule has 0 aromatic heterocycles. The average Bonchev–Trinajstić information content (AvgIpc) is 3.53. The van der Waals surface area contributed by atoms with E-state index in [0.29, 0.717) is 12.3 Å². The molecule has 11 heteroatoms. The summed E-state index contributed by atoms with van der Waals surface area (Å²) in [5.41, 5.74) is 5.76. The number of benzene rings is 1. The van der Waals surface area contributed by atoms with Crippen molar-refractivity contribution in [1.29, 1.82) is 0 Å². The predicted octanol–water partition coefficient (Wildman–Crippen LogP) is 2.24. The van der Waals surface area contributed by atoms with Gasteiger partial charge in [-0.2, -0.15) is 0 Å². The van der Waals surface area contributed by atoms with Gasteiger partial charge in [0.15, 0.2) is 0 Å². The highest BCUT2D eigenvalue weighted by molar-refractivity contribution is 6.33. The van der Waals surface area contributed by atoms with E-state index in [1.165, 1.54) is 12.1 Å². The molecule has 0 spiro atoms. The van der Waals surface area contributed by atoms with Gasteiger partial charge in [0.25, 0.3) is 5.91 Å². The molecule has 2 aliphatic heterocycles. The summed E-state index contributed by atoms with van der Waals surface area (Å²) in [4.78, 5) is 54.1. The third-order valence-corrected chi connectivity index (χ3v) is 7.71. The Morgan fingerprint density at radius 3 is 2.65 bits per heavy atom. The zero-order chi connectivity index (χ0) is 27.1. The maximum Gasteiger partial charge on any atom is 0.310 e. The third-order valence-electron chi connectivity index (χ3n) is 7.38. The summed E-state index contributed by atoms with van der Waals surface area (Å²) in [5, 5.41) is 6.02. The first kappa shape index (κ1) is 27.2. The molecule has 3 fully saturated rings. The van der Waals surface area contributed by atoms with Crippen LogP contribution in [0.5, 0.6) is 0 Å². The van der Waals surface area contributed by atoms with Crippen molar-refractivity contribution in [3.05, 3.63) is 28.8 Å². The minimum atomic E-state index is -0.890. The molecule has 1 aliphatic carbocycles. The highest BCUT2D eigenvalue weighted by atomic mass is 35.5. The lowest BCUT2D eigenvalue weighted by Gasteiger charge is -2.40. The van der Waals surface area contributed by atoms with Gasteiger partial charge in [0, 0.05) is 18.2 Å². The van der Waals surface area contributed by atoms with E-state index in [-0.39, 0.29) is 40.8 Å². The number of anilines is 1. The summed E-state index contributed by atoms with van der Waals surface area (Å²) in [5.74, 6) is -1.54. The molecule has 6 atom stereocenters. The number of hydrogen-bond acceptors (Lipinski definition) is 7. The van der Waals surface area contributed by atoms with Crippen molar-refractivity contribution in [2.75, 3.05) is 12.3 Å². The number of fused-ring (bicyclic) bond motifs is 2. The number of nitrogens with two attached hydrogens (primary N) is 1. The zero-order valence-corrected chi connectivity index (χ0v) is 22.3. The number of piperidine rings is 1. The molecule has 2 bridgehead atoms.